The zero-order chi connectivity index (χ0) is 18.1. The normalized spacial score (nSPS) is 11.0. The number of ether oxygens (including phenoxy) is 2. The van der Waals surface area contributed by atoms with Gasteiger partial charge in [0.1, 0.15) is 0 Å². The molecule has 0 aliphatic rings. The Morgan fingerprint density at radius 1 is 0.720 bits per heavy atom. The van der Waals surface area contributed by atoms with E-state index in [-0.39, 0.29) is 0 Å². The van der Waals surface area contributed by atoms with Crippen molar-refractivity contribution >= 4 is 11.9 Å². The van der Waals surface area contributed by atoms with E-state index in [0.717, 1.165) is 12.8 Å². The summed E-state index contributed by atoms with van der Waals surface area (Å²) in [7, 11) is 0. The lowest BCUT2D eigenvalue weighted by atomic mass is 10.0. The van der Waals surface area contributed by atoms with E-state index in [1.807, 2.05) is 26.0 Å². The van der Waals surface area contributed by atoms with Gasteiger partial charge < -0.3 is 9.47 Å². The Balaban J connectivity index is 2.23. The second-order valence-electron chi connectivity index (χ2n) is 5.92. The molecule has 0 fully saturated rings. The third kappa shape index (κ3) is 5.18. The third-order valence-electron chi connectivity index (χ3n) is 3.84. The van der Waals surface area contributed by atoms with Gasteiger partial charge in [-0.05, 0) is 37.1 Å². The summed E-state index contributed by atoms with van der Waals surface area (Å²) in [5.74, 6) is -2.21. The second-order valence-corrected chi connectivity index (χ2v) is 5.92. The Labute approximate surface area is 148 Å². The van der Waals surface area contributed by atoms with Gasteiger partial charge in [0, 0.05) is 12.8 Å². The van der Waals surface area contributed by atoms with Gasteiger partial charge in [-0.3, -0.25) is 0 Å². The number of hydrogen-bond donors (Lipinski definition) is 0. The number of carbonyl (C=O) groups is 2. The Morgan fingerprint density at radius 3 is 1.40 bits per heavy atom. The fraction of sp³-hybridized carbons (Fsp3) is 0.333. The van der Waals surface area contributed by atoms with Crippen LogP contribution in [-0.4, -0.2) is 17.7 Å². The molecule has 132 valence electrons. The number of benzene rings is 2. The van der Waals surface area contributed by atoms with Crippen LogP contribution in [0.3, 0.4) is 0 Å². The number of hydrogen-bond acceptors (Lipinski definition) is 4. The molecule has 0 radical (unpaired) electrons. The molecule has 4 nitrogen and oxygen atoms in total. The van der Waals surface area contributed by atoms with Crippen LogP contribution in [0.5, 0.6) is 0 Å². The first kappa shape index (κ1) is 18.7. The molecule has 0 atom stereocenters. The van der Waals surface area contributed by atoms with Crippen molar-refractivity contribution in [1.82, 2.24) is 0 Å². The Bertz CT molecular complexity index is 618. The molecule has 0 aliphatic carbocycles. The van der Waals surface area contributed by atoms with Gasteiger partial charge in [0.05, 0.1) is 11.1 Å². The molecule has 0 heterocycles. The Hall–Kier alpha value is -2.62. The first-order chi connectivity index (χ1) is 12.1. The molecular formula is C21H24O4. The lowest BCUT2D eigenvalue weighted by Crippen LogP contribution is -2.40. The van der Waals surface area contributed by atoms with Gasteiger partial charge >= 0.3 is 11.9 Å². The van der Waals surface area contributed by atoms with Crippen molar-refractivity contribution in [3.05, 3.63) is 71.8 Å². The third-order valence-corrected chi connectivity index (χ3v) is 3.84. The summed E-state index contributed by atoms with van der Waals surface area (Å²) >= 11 is 0. The van der Waals surface area contributed by atoms with Crippen molar-refractivity contribution in [1.29, 1.82) is 0 Å². The van der Waals surface area contributed by atoms with Crippen molar-refractivity contribution in [3.63, 3.8) is 0 Å². The number of carbonyl (C=O) groups excluding carboxylic acids is 2. The van der Waals surface area contributed by atoms with Crippen LogP contribution in [0.1, 0.15) is 60.2 Å². The lowest BCUT2D eigenvalue weighted by molar-refractivity contribution is -0.177. The van der Waals surface area contributed by atoms with Gasteiger partial charge in [-0.2, -0.15) is 0 Å². The molecule has 0 N–H and O–H groups in total. The average Bonchev–Trinajstić information content (AvgIpc) is 2.63. The van der Waals surface area contributed by atoms with Crippen LogP contribution in [0.4, 0.5) is 0 Å². The molecule has 0 unspecified atom stereocenters. The standard InChI is InChI=1S/C21H24O4/c1-3-15-21(16-4-2,24-19(22)17-11-7-5-8-12-17)25-20(23)18-13-9-6-10-14-18/h5-14H,3-4,15-16H2,1-2H3. The molecule has 0 bridgehead atoms. The van der Waals surface area contributed by atoms with Gasteiger partial charge in [-0.15, -0.1) is 0 Å². The van der Waals surface area contributed by atoms with Crippen LogP contribution < -0.4 is 0 Å². The zero-order valence-electron chi connectivity index (χ0n) is 14.7. The summed E-state index contributed by atoms with van der Waals surface area (Å²) in [6, 6.07) is 17.5. The molecule has 2 rings (SSSR count). The monoisotopic (exact) mass is 340 g/mol. The zero-order valence-corrected chi connectivity index (χ0v) is 14.7. The van der Waals surface area contributed by atoms with Gasteiger partial charge in [0.2, 0.25) is 0 Å². The number of esters is 2. The van der Waals surface area contributed by atoms with Crippen molar-refractivity contribution in [3.8, 4) is 0 Å². The molecule has 0 aromatic heterocycles. The van der Waals surface area contributed by atoms with E-state index in [2.05, 4.69) is 0 Å². The highest BCUT2D eigenvalue weighted by Crippen LogP contribution is 2.29. The summed E-state index contributed by atoms with van der Waals surface area (Å²) in [4.78, 5) is 25.0. The van der Waals surface area contributed by atoms with Crippen LogP contribution >= 0.6 is 0 Å². The van der Waals surface area contributed by atoms with E-state index in [0.29, 0.717) is 24.0 Å². The van der Waals surface area contributed by atoms with Crippen LogP contribution in [0, 0.1) is 0 Å². The number of rotatable bonds is 8. The molecule has 0 amide bonds. The smallest absolute Gasteiger partial charge is 0.341 e. The Kier molecular flexibility index (Phi) is 6.75. The van der Waals surface area contributed by atoms with Crippen LogP contribution in [0.2, 0.25) is 0 Å². The second kappa shape index (κ2) is 9.02. The molecule has 2 aromatic carbocycles. The highest BCUT2D eigenvalue weighted by molar-refractivity contribution is 5.91. The van der Waals surface area contributed by atoms with E-state index >= 15 is 0 Å². The van der Waals surface area contributed by atoms with E-state index in [1.165, 1.54) is 0 Å². The maximum atomic E-state index is 12.5. The topological polar surface area (TPSA) is 52.6 Å². The molecule has 25 heavy (non-hydrogen) atoms. The summed E-state index contributed by atoms with van der Waals surface area (Å²) in [6.45, 7) is 3.94. The minimum Gasteiger partial charge on any atom is -0.419 e. The SMILES string of the molecule is CCCC(CCC)(OC(=O)c1ccccc1)OC(=O)c1ccccc1. The fourth-order valence-electron chi connectivity index (χ4n) is 2.72. The molecule has 0 aliphatic heterocycles. The van der Waals surface area contributed by atoms with Crippen LogP contribution in [0.25, 0.3) is 0 Å². The minimum absolute atomic E-state index is 0.440. The molecule has 2 aromatic rings. The lowest BCUT2D eigenvalue weighted by Gasteiger charge is -2.32. The van der Waals surface area contributed by atoms with Crippen LogP contribution in [0.15, 0.2) is 60.7 Å². The first-order valence-electron chi connectivity index (χ1n) is 8.67. The molecule has 0 saturated heterocycles. The molecule has 0 spiro atoms. The van der Waals surface area contributed by atoms with Gasteiger partial charge in [0.15, 0.2) is 0 Å². The molecule has 4 heteroatoms. The maximum absolute atomic E-state index is 12.5. The average molecular weight is 340 g/mol. The molecular weight excluding hydrogens is 316 g/mol. The van der Waals surface area contributed by atoms with Crippen molar-refractivity contribution in [2.75, 3.05) is 0 Å². The highest BCUT2D eigenvalue weighted by atomic mass is 16.7. The highest BCUT2D eigenvalue weighted by Gasteiger charge is 2.37. The van der Waals surface area contributed by atoms with Crippen molar-refractivity contribution < 1.29 is 19.1 Å². The van der Waals surface area contributed by atoms with E-state index in [4.69, 9.17) is 9.47 Å². The molecule has 0 saturated carbocycles. The summed E-state index contributed by atoms with van der Waals surface area (Å²) in [5.41, 5.74) is 0.879. The van der Waals surface area contributed by atoms with Crippen molar-refractivity contribution in [2.45, 2.75) is 45.3 Å². The van der Waals surface area contributed by atoms with Crippen molar-refractivity contribution in [2.24, 2.45) is 0 Å². The predicted octanol–water partition coefficient (Wildman–Crippen LogP) is 5.00. The summed E-state index contributed by atoms with van der Waals surface area (Å²) in [6.07, 6.45) is 2.37. The summed E-state index contributed by atoms with van der Waals surface area (Å²) < 4.78 is 11.4. The van der Waals surface area contributed by atoms with E-state index in [1.54, 1.807) is 48.5 Å². The predicted molar refractivity (Wildman–Crippen MR) is 96.3 cm³/mol. The minimum atomic E-state index is -1.25. The maximum Gasteiger partial charge on any atom is 0.341 e. The largest absolute Gasteiger partial charge is 0.419 e. The quantitative estimate of drug-likeness (QED) is 0.501. The fourth-order valence-corrected chi connectivity index (χ4v) is 2.72. The van der Waals surface area contributed by atoms with Gasteiger partial charge in [-0.1, -0.05) is 50.2 Å². The van der Waals surface area contributed by atoms with Crippen LogP contribution in [-0.2, 0) is 9.47 Å². The Morgan fingerprint density at radius 2 is 1.08 bits per heavy atom. The van der Waals surface area contributed by atoms with Gasteiger partial charge in [0.25, 0.3) is 5.79 Å². The summed E-state index contributed by atoms with van der Waals surface area (Å²) in [5, 5.41) is 0. The van der Waals surface area contributed by atoms with E-state index in [9.17, 15) is 9.59 Å². The van der Waals surface area contributed by atoms with Gasteiger partial charge in [-0.25, -0.2) is 9.59 Å². The first-order valence-corrected chi connectivity index (χ1v) is 8.67. The van der Waals surface area contributed by atoms with E-state index < -0.39 is 17.7 Å².